The van der Waals surface area contributed by atoms with Gasteiger partial charge in [-0.1, -0.05) is 6.07 Å². The molecule has 0 heterocycles. The Morgan fingerprint density at radius 3 is 2.59 bits per heavy atom. The molecule has 0 aliphatic heterocycles. The first-order valence-electron chi connectivity index (χ1n) is 5.53. The van der Waals surface area contributed by atoms with Crippen molar-refractivity contribution in [3.05, 3.63) is 23.8 Å². The molecule has 0 saturated carbocycles. The lowest BCUT2D eigenvalue weighted by Gasteiger charge is -2.09. The van der Waals surface area contributed by atoms with Crippen molar-refractivity contribution in [2.24, 2.45) is 0 Å². The molecule has 0 aliphatic carbocycles. The minimum atomic E-state index is -2.94. The molecule has 0 bridgehead atoms. The zero-order valence-corrected chi connectivity index (χ0v) is 12.1. The molecule has 0 amide bonds. The van der Waals surface area contributed by atoms with E-state index in [0.29, 0.717) is 11.4 Å². The molecule has 17 heavy (non-hydrogen) atoms. The Labute approximate surface area is 108 Å². The zero-order valence-electron chi connectivity index (χ0n) is 10.4. The molecule has 0 unspecified atom stereocenters. The van der Waals surface area contributed by atoms with Crippen LogP contribution in [0, 0.1) is 6.92 Å². The quantitative estimate of drug-likeness (QED) is 0.661. The lowest BCUT2D eigenvalue weighted by molar-refractivity contribution is 0.589. The van der Waals surface area contributed by atoms with E-state index >= 15 is 0 Å². The van der Waals surface area contributed by atoms with Crippen molar-refractivity contribution in [3.8, 4) is 0 Å². The first-order valence-corrected chi connectivity index (χ1v) is 8.23. The van der Waals surface area contributed by atoms with Crippen LogP contribution in [0.2, 0.25) is 0 Å². The van der Waals surface area contributed by atoms with Gasteiger partial charge >= 0.3 is 0 Å². The Kier molecular flexibility index (Phi) is 4.89. The van der Waals surface area contributed by atoms with Crippen LogP contribution in [0.5, 0.6) is 0 Å². The Balaban J connectivity index is 2.60. The number of benzene rings is 1. The van der Waals surface area contributed by atoms with E-state index in [1.54, 1.807) is 25.6 Å². The highest BCUT2D eigenvalue weighted by Gasteiger charge is 2.15. The number of rotatable bonds is 5. The molecule has 0 atom stereocenters. The summed E-state index contributed by atoms with van der Waals surface area (Å²) in [6.45, 7) is 5.43. The molecule has 1 aromatic rings. The summed E-state index contributed by atoms with van der Waals surface area (Å²) in [4.78, 5) is 1.06. The second kappa shape index (κ2) is 5.78. The van der Waals surface area contributed by atoms with E-state index in [4.69, 9.17) is 5.73 Å². The lowest BCUT2D eigenvalue weighted by Crippen LogP contribution is -2.18. The number of thioether (sulfide) groups is 1. The average molecular weight is 273 g/mol. The molecule has 0 aliphatic rings. The highest BCUT2D eigenvalue weighted by Crippen LogP contribution is 2.25. The number of anilines is 1. The number of hydrogen-bond acceptors (Lipinski definition) is 4. The van der Waals surface area contributed by atoms with E-state index < -0.39 is 9.84 Å². The molecular formula is C12H19NO2S2. The summed E-state index contributed by atoms with van der Waals surface area (Å²) in [5, 5.41) is -0.301. The van der Waals surface area contributed by atoms with Gasteiger partial charge in [0.2, 0.25) is 0 Å². The van der Waals surface area contributed by atoms with Crippen molar-refractivity contribution < 1.29 is 8.42 Å². The summed E-state index contributed by atoms with van der Waals surface area (Å²) < 4.78 is 23.3. The molecule has 0 aromatic heterocycles. The highest BCUT2D eigenvalue weighted by atomic mass is 32.2. The van der Waals surface area contributed by atoms with Crippen LogP contribution < -0.4 is 5.73 Å². The van der Waals surface area contributed by atoms with E-state index in [9.17, 15) is 8.42 Å². The molecule has 3 nitrogen and oxygen atoms in total. The van der Waals surface area contributed by atoms with E-state index in [0.717, 1.165) is 10.5 Å². The van der Waals surface area contributed by atoms with Crippen molar-refractivity contribution in [2.45, 2.75) is 30.9 Å². The molecule has 1 aromatic carbocycles. The summed E-state index contributed by atoms with van der Waals surface area (Å²) in [6.07, 6.45) is 0. The molecule has 0 saturated heterocycles. The standard InChI is InChI=1S/C12H19NO2S2/c1-9(2)17(14,15)7-6-16-12-8-11(13)5-4-10(12)3/h4-5,8-9H,6-7,13H2,1-3H3. The van der Waals surface area contributed by atoms with Crippen LogP contribution in [0.25, 0.3) is 0 Å². The summed E-state index contributed by atoms with van der Waals surface area (Å²) in [6, 6.07) is 5.70. The lowest BCUT2D eigenvalue weighted by atomic mass is 10.2. The third kappa shape index (κ3) is 4.24. The minimum absolute atomic E-state index is 0.212. The third-order valence-electron chi connectivity index (χ3n) is 2.56. The topological polar surface area (TPSA) is 60.2 Å². The van der Waals surface area contributed by atoms with Gasteiger partial charge in [0.1, 0.15) is 0 Å². The van der Waals surface area contributed by atoms with Crippen molar-refractivity contribution in [1.82, 2.24) is 0 Å². The molecule has 0 spiro atoms. The van der Waals surface area contributed by atoms with Crippen molar-refractivity contribution >= 4 is 27.3 Å². The smallest absolute Gasteiger partial charge is 0.153 e. The van der Waals surface area contributed by atoms with Crippen LogP contribution >= 0.6 is 11.8 Å². The second-order valence-electron chi connectivity index (χ2n) is 4.29. The van der Waals surface area contributed by atoms with Gasteiger partial charge in [-0.2, -0.15) is 0 Å². The fourth-order valence-corrected chi connectivity index (χ4v) is 3.74. The number of nitrogen functional groups attached to an aromatic ring is 1. The Hall–Kier alpha value is -0.680. The maximum Gasteiger partial charge on any atom is 0.153 e. The monoisotopic (exact) mass is 273 g/mol. The molecule has 5 heteroatoms. The summed E-state index contributed by atoms with van der Waals surface area (Å²) in [5.74, 6) is 0.786. The second-order valence-corrected chi connectivity index (χ2v) is 8.10. The SMILES string of the molecule is Cc1ccc(N)cc1SCCS(=O)(=O)C(C)C. The fourth-order valence-electron chi connectivity index (χ4n) is 1.28. The van der Waals surface area contributed by atoms with E-state index in [1.807, 2.05) is 25.1 Å². The molecule has 0 radical (unpaired) electrons. The zero-order chi connectivity index (χ0) is 13.1. The Bertz CT molecular complexity index is 481. The largest absolute Gasteiger partial charge is 0.399 e. The van der Waals surface area contributed by atoms with Gasteiger partial charge in [0.05, 0.1) is 11.0 Å². The normalized spacial score (nSPS) is 12.0. The third-order valence-corrected chi connectivity index (χ3v) is 6.18. The van der Waals surface area contributed by atoms with E-state index in [2.05, 4.69) is 0 Å². The van der Waals surface area contributed by atoms with Crippen molar-refractivity contribution in [3.63, 3.8) is 0 Å². The first kappa shape index (κ1) is 14.4. The average Bonchev–Trinajstić information content (AvgIpc) is 2.22. The number of nitrogens with two attached hydrogens (primary N) is 1. The van der Waals surface area contributed by atoms with Crippen LogP contribution in [0.4, 0.5) is 5.69 Å². The van der Waals surface area contributed by atoms with Crippen LogP contribution in [-0.2, 0) is 9.84 Å². The van der Waals surface area contributed by atoms with Gasteiger partial charge in [0.15, 0.2) is 9.84 Å². The van der Waals surface area contributed by atoms with Crippen LogP contribution in [-0.4, -0.2) is 25.2 Å². The van der Waals surface area contributed by atoms with Gasteiger partial charge in [-0.05, 0) is 38.5 Å². The van der Waals surface area contributed by atoms with Gasteiger partial charge in [0.25, 0.3) is 0 Å². The van der Waals surface area contributed by atoms with Crippen LogP contribution in [0.15, 0.2) is 23.1 Å². The highest BCUT2D eigenvalue weighted by molar-refractivity contribution is 8.00. The molecule has 1 rings (SSSR count). The molecular weight excluding hydrogens is 254 g/mol. The van der Waals surface area contributed by atoms with Gasteiger partial charge in [-0.3, -0.25) is 0 Å². The Morgan fingerprint density at radius 1 is 1.35 bits per heavy atom. The van der Waals surface area contributed by atoms with E-state index in [1.165, 1.54) is 0 Å². The van der Waals surface area contributed by atoms with Crippen LogP contribution in [0.3, 0.4) is 0 Å². The van der Waals surface area contributed by atoms with Crippen LogP contribution in [0.1, 0.15) is 19.4 Å². The maximum absolute atomic E-state index is 11.6. The molecule has 96 valence electrons. The van der Waals surface area contributed by atoms with Gasteiger partial charge in [-0.15, -0.1) is 11.8 Å². The predicted molar refractivity (Wildman–Crippen MR) is 75.2 cm³/mol. The van der Waals surface area contributed by atoms with Crippen molar-refractivity contribution in [2.75, 3.05) is 17.2 Å². The molecule has 2 N–H and O–H groups in total. The van der Waals surface area contributed by atoms with E-state index in [-0.39, 0.29) is 11.0 Å². The van der Waals surface area contributed by atoms with Gasteiger partial charge in [-0.25, -0.2) is 8.42 Å². The van der Waals surface area contributed by atoms with Gasteiger partial charge < -0.3 is 5.73 Å². The number of sulfone groups is 1. The Morgan fingerprint density at radius 2 is 2.00 bits per heavy atom. The van der Waals surface area contributed by atoms with Gasteiger partial charge in [0, 0.05) is 16.3 Å². The summed E-state index contributed by atoms with van der Waals surface area (Å²) in [7, 11) is -2.94. The van der Waals surface area contributed by atoms with Crippen molar-refractivity contribution in [1.29, 1.82) is 0 Å². The number of aryl methyl sites for hydroxylation is 1. The summed E-state index contributed by atoms with van der Waals surface area (Å²) in [5.41, 5.74) is 7.55. The number of hydrogen-bond donors (Lipinski definition) is 1. The minimum Gasteiger partial charge on any atom is -0.399 e. The summed E-state index contributed by atoms with van der Waals surface area (Å²) >= 11 is 1.55. The maximum atomic E-state index is 11.6. The molecule has 0 fully saturated rings. The predicted octanol–water partition coefficient (Wildman–Crippen LogP) is 2.49. The first-order chi connectivity index (χ1) is 7.83. The fraction of sp³-hybridized carbons (Fsp3) is 0.500.